The summed E-state index contributed by atoms with van der Waals surface area (Å²) in [5.41, 5.74) is 0.890. The smallest absolute Gasteiger partial charge is 0.253 e. The van der Waals surface area contributed by atoms with Crippen molar-refractivity contribution in [3.05, 3.63) is 48.5 Å². The van der Waals surface area contributed by atoms with Crippen molar-refractivity contribution in [1.82, 2.24) is 19.9 Å². The lowest BCUT2D eigenvalue weighted by Crippen LogP contribution is -2.46. The number of anilines is 1. The Morgan fingerprint density at radius 3 is 2.58 bits per heavy atom. The Kier molecular flexibility index (Phi) is 3.88. The van der Waals surface area contributed by atoms with Crippen molar-refractivity contribution in [3.63, 3.8) is 0 Å². The van der Waals surface area contributed by atoms with Crippen LogP contribution < -0.4 is 4.90 Å². The minimum atomic E-state index is 0.113. The first kappa shape index (κ1) is 15.1. The van der Waals surface area contributed by atoms with Crippen molar-refractivity contribution >= 4 is 11.9 Å². The van der Waals surface area contributed by atoms with Gasteiger partial charge >= 0.3 is 0 Å². The highest BCUT2D eigenvalue weighted by Gasteiger charge is 2.43. The van der Waals surface area contributed by atoms with E-state index in [1.54, 1.807) is 36.9 Å². The fourth-order valence-electron chi connectivity index (χ4n) is 3.95. The van der Waals surface area contributed by atoms with Gasteiger partial charge in [0.15, 0.2) is 0 Å². The van der Waals surface area contributed by atoms with E-state index in [0.29, 0.717) is 0 Å². The molecule has 24 heavy (non-hydrogen) atoms. The number of hydrogen-bond donors (Lipinski definition) is 0. The van der Waals surface area contributed by atoms with Gasteiger partial charge in [0.2, 0.25) is 5.95 Å². The number of pyridine rings is 1. The predicted octanol–water partition coefficient (Wildman–Crippen LogP) is 2.00. The molecule has 6 nitrogen and oxygen atoms in total. The van der Waals surface area contributed by atoms with Gasteiger partial charge in [0.05, 0.1) is 0 Å². The van der Waals surface area contributed by atoms with E-state index in [9.17, 15) is 4.79 Å². The average Bonchev–Trinajstić information content (AvgIpc) is 3.06. The quantitative estimate of drug-likeness (QED) is 0.846. The Labute approximate surface area is 141 Å². The van der Waals surface area contributed by atoms with Crippen molar-refractivity contribution < 1.29 is 4.79 Å². The highest BCUT2D eigenvalue weighted by Crippen LogP contribution is 2.40. The standard InChI is InChI=1S/C18H21N5O/c24-16(15-3-9-19-10-4-15)22-12-6-18(13-22)5-1-11-23(14-18)17-20-7-2-8-21-17/h2-4,7-10H,1,5-6,11-14H2. The summed E-state index contributed by atoms with van der Waals surface area (Å²) < 4.78 is 0. The van der Waals surface area contributed by atoms with Crippen molar-refractivity contribution in [3.8, 4) is 0 Å². The van der Waals surface area contributed by atoms with E-state index in [1.807, 2.05) is 11.0 Å². The number of rotatable bonds is 2. The Bertz CT molecular complexity index is 708. The van der Waals surface area contributed by atoms with Gasteiger partial charge in [0.1, 0.15) is 0 Å². The Hall–Kier alpha value is -2.50. The van der Waals surface area contributed by atoms with Crippen LogP contribution in [0.15, 0.2) is 43.0 Å². The number of carbonyl (C=O) groups is 1. The van der Waals surface area contributed by atoms with Gasteiger partial charge in [-0.25, -0.2) is 9.97 Å². The Balaban J connectivity index is 1.48. The molecule has 0 bridgehead atoms. The van der Waals surface area contributed by atoms with Crippen LogP contribution >= 0.6 is 0 Å². The largest absolute Gasteiger partial charge is 0.340 e. The van der Waals surface area contributed by atoms with E-state index in [2.05, 4.69) is 19.9 Å². The maximum absolute atomic E-state index is 12.7. The summed E-state index contributed by atoms with van der Waals surface area (Å²) in [7, 11) is 0. The van der Waals surface area contributed by atoms with Crippen LogP contribution in [0.3, 0.4) is 0 Å². The highest BCUT2D eigenvalue weighted by molar-refractivity contribution is 5.94. The molecule has 0 N–H and O–H groups in total. The molecule has 6 heteroatoms. The summed E-state index contributed by atoms with van der Waals surface area (Å²) in [4.78, 5) is 29.7. The monoisotopic (exact) mass is 323 g/mol. The summed E-state index contributed by atoms with van der Waals surface area (Å²) in [5.74, 6) is 0.915. The van der Waals surface area contributed by atoms with Crippen LogP contribution in [0.25, 0.3) is 0 Å². The van der Waals surface area contributed by atoms with Crippen LogP contribution in [0.5, 0.6) is 0 Å². The van der Waals surface area contributed by atoms with Crippen LogP contribution in [-0.2, 0) is 0 Å². The number of hydrogen-bond acceptors (Lipinski definition) is 5. The molecule has 1 amide bonds. The van der Waals surface area contributed by atoms with Crippen molar-refractivity contribution in [2.24, 2.45) is 5.41 Å². The summed E-state index contributed by atoms with van der Waals surface area (Å²) in [6.07, 6.45) is 10.3. The van der Waals surface area contributed by atoms with Crippen molar-refractivity contribution in [2.75, 3.05) is 31.1 Å². The van der Waals surface area contributed by atoms with Gasteiger partial charge in [-0.3, -0.25) is 9.78 Å². The molecule has 2 saturated heterocycles. The molecule has 124 valence electrons. The van der Waals surface area contributed by atoms with Gasteiger partial charge in [-0.2, -0.15) is 0 Å². The van der Waals surface area contributed by atoms with Crippen LogP contribution in [0.4, 0.5) is 5.95 Å². The lowest BCUT2D eigenvalue weighted by molar-refractivity contribution is 0.0767. The van der Waals surface area contributed by atoms with E-state index in [0.717, 1.165) is 57.0 Å². The minimum absolute atomic E-state index is 0.113. The summed E-state index contributed by atoms with van der Waals surface area (Å²) in [6, 6.07) is 5.42. The molecule has 2 aliphatic rings. The van der Waals surface area contributed by atoms with Crippen LogP contribution in [-0.4, -0.2) is 51.9 Å². The van der Waals surface area contributed by atoms with Crippen molar-refractivity contribution in [2.45, 2.75) is 19.3 Å². The van der Waals surface area contributed by atoms with Gasteiger partial charge in [-0.15, -0.1) is 0 Å². The van der Waals surface area contributed by atoms with E-state index in [-0.39, 0.29) is 11.3 Å². The minimum Gasteiger partial charge on any atom is -0.340 e. The number of nitrogens with zero attached hydrogens (tertiary/aromatic N) is 5. The lowest BCUT2D eigenvalue weighted by atomic mass is 9.79. The number of amides is 1. The normalized spacial score (nSPS) is 23.7. The lowest BCUT2D eigenvalue weighted by Gasteiger charge is -2.40. The third-order valence-corrected chi connectivity index (χ3v) is 5.15. The van der Waals surface area contributed by atoms with Gasteiger partial charge in [0, 0.05) is 61.9 Å². The first-order valence-electron chi connectivity index (χ1n) is 8.47. The second-order valence-electron chi connectivity index (χ2n) is 6.79. The number of aromatic nitrogens is 3. The molecule has 2 aromatic heterocycles. The summed E-state index contributed by atoms with van der Waals surface area (Å²) in [6.45, 7) is 3.56. The number of piperidine rings is 1. The van der Waals surface area contributed by atoms with E-state index in [4.69, 9.17) is 0 Å². The molecule has 0 aliphatic carbocycles. The molecule has 1 atom stereocenters. The molecular weight excluding hydrogens is 302 g/mol. The second-order valence-corrected chi connectivity index (χ2v) is 6.79. The zero-order valence-electron chi connectivity index (χ0n) is 13.6. The first-order valence-corrected chi connectivity index (χ1v) is 8.47. The van der Waals surface area contributed by atoms with Gasteiger partial charge in [-0.1, -0.05) is 0 Å². The van der Waals surface area contributed by atoms with E-state index >= 15 is 0 Å². The summed E-state index contributed by atoms with van der Waals surface area (Å²) in [5, 5.41) is 0. The SMILES string of the molecule is O=C(c1ccncc1)N1CCC2(CCCN(c3ncccn3)C2)C1. The molecule has 4 heterocycles. The molecule has 2 fully saturated rings. The van der Waals surface area contributed by atoms with Crippen LogP contribution in [0.2, 0.25) is 0 Å². The predicted molar refractivity (Wildman–Crippen MR) is 90.7 cm³/mol. The number of likely N-dealkylation sites (tertiary alicyclic amines) is 1. The molecule has 4 rings (SSSR count). The molecule has 2 aromatic rings. The van der Waals surface area contributed by atoms with Crippen LogP contribution in [0.1, 0.15) is 29.6 Å². The fraction of sp³-hybridized carbons (Fsp3) is 0.444. The molecule has 0 saturated carbocycles. The van der Waals surface area contributed by atoms with Gasteiger partial charge < -0.3 is 9.80 Å². The molecule has 0 radical (unpaired) electrons. The number of carbonyl (C=O) groups excluding carboxylic acids is 1. The van der Waals surface area contributed by atoms with E-state index in [1.165, 1.54) is 0 Å². The topological polar surface area (TPSA) is 62.2 Å². The maximum atomic E-state index is 12.7. The van der Waals surface area contributed by atoms with Gasteiger partial charge in [-0.05, 0) is 37.5 Å². The third kappa shape index (κ3) is 2.84. The van der Waals surface area contributed by atoms with E-state index < -0.39 is 0 Å². The van der Waals surface area contributed by atoms with Gasteiger partial charge in [0.25, 0.3) is 5.91 Å². The Morgan fingerprint density at radius 2 is 1.79 bits per heavy atom. The molecule has 0 aromatic carbocycles. The Morgan fingerprint density at radius 1 is 1.00 bits per heavy atom. The fourth-order valence-corrected chi connectivity index (χ4v) is 3.95. The highest BCUT2D eigenvalue weighted by atomic mass is 16.2. The molecule has 1 spiro atoms. The molecule has 1 unspecified atom stereocenters. The second kappa shape index (κ2) is 6.19. The average molecular weight is 323 g/mol. The zero-order valence-corrected chi connectivity index (χ0v) is 13.6. The molecule has 2 aliphatic heterocycles. The third-order valence-electron chi connectivity index (χ3n) is 5.15. The molecular formula is C18H21N5O. The summed E-state index contributed by atoms with van der Waals surface area (Å²) >= 11 is 0. The van der Waals surface area contributed by atoms with Crippen LogP contribution in [0, 0.1) is 5.41 Å². The zero-order chi connectivity index (χ0) is 16.4. The maximum Gasteiger partial charge on any atom is 0.253 e. The first-order chi connectivity index (χ1) is 11.8. The van der Waals surface area contributed by atoms with Crippen molar-refractivity contribution in [1.29, 1.82) is 0 Å².